The van der Waals surface area contributed by atoms with Crippen LogP contribution in [0.2, 0.25) is 0 Å². The Hall–Kier alpha value is -2.02. The predicted molar refractivity (Wildman–Crippen MR) is 139 cm³/mol. The van der Waals surface area contributed by atoms with E-state index in [0.717, 1.165) is 30.4 Å². The average molecular weight is 575 g/mol. The molecule has 0 unspecified atom stereocenters. The number of amides is 2. The highest BCUT2D eigenvalue weighted by Gasteiger charge is 2.80. The number of epoxide rings is 2. The van der Waals surface area contributed by atoms with Gasteiger partial charge in [-0.25, -0.2) is 0 Å². The van der Waals surface area contributed by atoms with Crippen molar-refractivity contribution in [2.75, 3.05) is 0 Å². The maximum absolute atomic E-state index is 14.4. The molecule has 7 saturated heterocycles. The second-order valence-electron chi connectivity index (χ2n) is 11.7. The Morgan fingerprint density at radius 2 is 1.36 bits per heavy atom. The van der Waals surface area contributed by atoms with Gasteiger partial charge in [-0.3, -0.25) is 19.2 Å². The Kier molecular flexibility index (Phi) is 5.25. The normalized spacial score (nSPS) is 45.3. The Morgan fingerprint density at radius 3 is 1.85 bits per heavy atom. The van der Waals surface area contributed by atoms with Gasteiger partial charge in [0.25, 0.3) is 11.8 Å². The highest BCUT2D eigenvalue weighted by atomic mass is 33.1. The summed E-state index contributed by atoms with van der Waals surface area (Å²) in [6.45, 7) is 3.84. The zero-order chi connectivity index (χ0) is 26.8. The van der Waals surface area contributed by atoms with Gasteiger partial charge >= 0.3 is 11.9 Å². The summed E-state index contributed by atoms with van der Waals surface area (Å²) in [6.07, 6.45) is 5.98. The lowest BCUT2D eigenvalue weighted by Gasteiger charge is -2.58. The van der Waals surface area contributed by atoms with Gasteiger partial charge in [-0.1, -0.05) is 48.3 Å². The minimum atomic E-state index is -1.05. The molecular weight excluding hydrogens is 544 g/mol. The lowest BCUT2D eigenvalue weighted by Crippen LogP contribution is -2.76. The topological polar surface area (TPSA) is 118 Å². The van der Waals surface area contributed by atoms with Crippen molar-refractivity contribution in [3.63, 3.8) is 0 Å². The van der Waals surface area contributed by atoms with Crippen LogP contribution in [0.5, 0.6) is 0 Å². The second kappa shape index (κ2) is 8.27. The van der Waals surface area contributed by atoms with Crippen LogP contribution < -0.4 is 0 Å². The van der Waals surface area contributed by atoms with Crippen LogP contribution in [0.4, 0.5) is 0 Å². The number of rotatable bonds is 7. The standard InChI is InChI=1S/C27H30N2O8S2/c1-3-5-6-7-17(31)35-15-9-13-11-27-25(33)28-18-12(8-14(20-22(18)36-20)34-16(30)4-2)10-26(28,38-39-27)24(32)29(27)19(13)23-21(15)37-23/h8-9,14-15,18-23H,3-7,10-11H2,1-2H3/t14-,15-,18-,19-,20-,21-,22+,23+,26+,27+/m0/s1. The summed E-state index contributed by atoms with van der Waals surface area (Å²) in [5.74, 6) is -0.671. The molecule has 7 fully saturated rings. The van der Waals surface area contributed by atoms with Gasteiger partial charge in [0.2, 0.25) is 0 Å². The van der Waals surface area contributed by atoms with Gasteiger partial charge in [0.1, 0.15) is 36.6 Å². The zero-order valence-electron chi connectivity index (χ0n) is 21.7. The molecule has 10 atom stereocenters. The van der Waals surface area contributed by atoms with Crippen molar-refractivity contribution in [3.05, 3.63) is 23.3 Å². The highest BCUT2D eigenvalue weighted by molar-refractivity contribution is 8.78. The summed E-state index contributed by atoms with van der Waals surface area (Å²) in [5.41, 5.74) is 1.88. The van der Waals surface area contributed by atoms with Crippen molar-refractivity contribution in [1.29, 1.82) is 0 Å². The van der Waals surface area contributed by atoms with Crippen molar-refractivity contribution in [2.24, 2.45) is 0 Å². The first kappa shape index (κ1) is 24.8. The smallest absolute Gasteiger partial charge is 0.306 e. The number of esters is 2. The Labute approximate surface area is 233 Å². The molecule has 12 heteroatoms. The van der Waals surface area contributed by atoms with Gasteiger partial charge in [-0.05, 0) is 29.7 Å². The summed E-state index contributed by atoms with van der Waals surface area (Å²) >= 11 is 0. The van der Waals surface area contributed by atoms with Crippen LogP contribution in [0, 0.1) is 0 Å². The van der Waals surface area contributed by atoms with E-state index in [1.54, 1.807) is 16.7 Å². The first-order valence-corrected chi connectivity index (χ1v) is 16.1. The summed E-state index contributed by atoms with van der Waals surface area (Å²) in [4.78, 5) is 54.7. The molecule has 0 aromatic rings. The third-order valence-corrected chi connectivity index (χ3v) is 12.9. The van der Waals surface area contributed by atoms with Crippen LogP contribution in [-0.4, -0.2) is 92.0 Å². The van der Waals surface area contributed by atoms with Gasteiger partial charge in [0.05, 0.1) is 12.1 Å². The van der Waals surface area contributed by atoms with Gasteiger partial charge in [-0.2, -0.15) is 0 Å². The summed E-state index contributed by atoms with van der Waals surface area (Å²) in [5, 5.41) is 0. The molecule has 10 nitrogen and oxygen atoms in total. The van der Waals surface area contributed by atoms with Gasteiger partial charge in [0.15, 0.2) is 9.74 Å². The number of hydrogen-bond donors (Lipinski definition) is 0. The van der Waals surface area contributed by atoms with E-state index in [-0.39, 0.29) is 66.7 Å². The molecule has 0 radical (unpaired) electrons. The number of piperazine rings is 1. The first-order chi connectivity index (χ1) is 18.8. The van der Waals surface area contributed by atoms with Crippen LogP contribution in [0.1, 0.15) is 58.8 Å². The Bertz CT molecular complexity index is 1270. The maximum Gasteiger partial charge on any atom is 0.306 e. The van der Waals surface area contributed by atoms with Crippen molar-refractivity contribution in [2.45, 2.75) is 117 Å². The van der Waals surface area contributed by atoms with Crippen LogP contribution in [0.25, 0.3) is 0 Å². The Morgan fingerprint density at radius 1 is 0.846 bits per heavy atom. The number of carbonyl (C=O) groups is 4. The second-order valence-corrected chi connectivity index (χ2v) is 14.3. The minimum Gasteiger partial charge on any atom is -0.455 e. The quantitative estimate of drug-likeness (QED) is 0.147. The van der Waals surface area contributed by atoms with Gasteiger partial charge < -0.3 is 28.7 Å². The molecule has 2 bridgehead atoms. The molecule has 7 heterocycles. The van der Waals surface area contributed by atoms with Crippen molar-refractivity contribution >= 4 is 45.3 Å². The molecule has 0 aromatic heterocycles. The SMILES string of the molecule is CCCCCC(=O)O[C@H]1C=C2C[C@@]34SS[C@]5(CC6=C[C@H](OC(=O)CC)[C@@H]7O[C@@H]7[C@H]6N5C3=O)C(=O)N4[C@@H]2[C@H]2O[C@H]21. The Balaban J connectivity index is 1.09. The molecule has 0 saturated carbocycles. The van der Waals surface area contributed by atoms with Gasteiger partial charge in [0, 0.05) is 25.7 Å². The molecule has 2 aliphatic carbocycles. The monoisotopic (exact) mass is 574 g/mol. The van der Waals surface area contributed by atoms with Gasteiger partial charge in [-0.15, -0.1) is 0 Å². The van der Waals surface area contributed by atoms with E-state index in [1.807, 2.05) is 12.2 Å². The largest absolute Gasteiger partial charge is 0.455 e. The minimum absolute atomic E-state index is 0.0712. The van der Waals surface area contributed by atoms with Crippen molar-refractivity contribution < 1.29 is 38.1 Å². The fourth-order valence-electron chi connectivity index (χ4n) is 7.50. The number of fused-ring (bicyclic) bond motifs is 7. The zero-order valence-corrected chi connectivity index (χ0v) is 23.3. The van der Waals surface area contributed by atoms with Crippen LogP contribution in [0.15, 0.2) is 23.3 Å². The third-order valence-electron chi connectivity index (χ3n) is 9.36. The van der Waals surface area contributed by atoms with E-state index in [2.05, 4.69) is 6.92 Å². The molecule has 9 aliphatic rings. The van der Waals surface area contributed by atoms with E-state index in [4.69, 9.17) is 18.9 Å². The fraction of sp³-hybridized carbons (Fsp3) is 0.704. The van der Waals surface area contributed by atoms with Crippen LogP contribution in [-0.2, 0) is 38.1 Å². The molecule has 2 spiro atoms. The third kappa shape index (κ3) is 3.20. The summed E-state index contributed by atoms with van der Waals surface area (Å²) in [6, 6.07) is -0.650. The number of hydrogen-bond acceptors (Lipinski definition) is 10. The van der Waals surface area contributed by atoms with Crippen LogP contribution >= 0.6 is 21.6 Å². The molecule has 39 heavy (non-hydrogen) atoms. The molecule has 7 aliphatic heterocycles. The van der Waals surface area contributed by atoms with E-state index < -0.39 is 21.9 Å². The predicted octanol–water partition coefficient (Wildman–Crippen LogP) is 2.22. The van der Waals surface area contributed by atoms with E-state index in [9.17, 15) is 19.2 Å². The number of nitrogens with zero attached hydrogens (tertiary/aromatic N) is 2. The van der Waals surface area contributed by atoms with E-state index >= 15 is 0 Å². The highest BCUT2D eigenvalue weighted by Crippen LogP contribution is 2.71. The number of unbranched alkanes of at least 4 members (excludes halogenated alkanes) is 2. The molecular formula is C27H30N2O8S2. The maximum atomic E-state index is 14.4. The summed E-state index contributed by atoms with van der Waals surface area (Å²) < 4.78 is 23.4. The first-order valence-electron chi connectivity index (χ1n) is 14.0. The van der Waals surface area contributed by atoms with Crippen molar-refractivity contribution in [1.82, 2.24) is 9.80 Å². The van der Waals surface area contributed by atoms with Crippen LogP contribution in [0.3, 0.4) is 0 Å². The lowest BCUT2D eigenvalue weighted by molar-refractivity contribution is -0.166. The molecule has 2 amide bonds. The summed E-state index contributed by atoms with van der Waals surface area (Å²) in [7, 11) is 2.95. The van der Waals surface area contributed by atoms with E-state index in [0.29, 0.717) is 19.3 Å². The lowest BCUT2D eigenvalue weighted by atomic mass is 9.91. The molecule has 208 valence electrons. The number of ether oxygens (including phenoxy) is 4. The molecule has 0 aromatic carbocycles. The molecule has 0 N–H and O–H groups in total. The average Bonchev–Trinajstić information content (AvgIpc) is 3.82. The number of carbonyl (C=O) groups excluding carboxylic acids is 4. The molecule has 9 rings (SSSR count). The fourth-order valence-corrected chi connectivity index (χ4v) is 11.2. The van der Waals surface area contributed by atoms with Crippen molar-refractivity contribution in [3.8, 4) is 0 Å². The van der Waals surface area contributed by atoms with E-state index in [1.165, 1.54) is 21.6 Å².